The second-order valence-electron chi connectivity index (χ2n) is 5.56. The molecule has 0 unspecified atom stereocenters. The molecule has 3 rings (SSSR count). The Kier molecular flexibility index (Phi) is 3.94. The van der Waals surface area contributed by atoms with E-state index < -0.39 is 5.60 Å². The van der Waals surface area contributed by atoms with E-state index in [1.54, 1.807) is 6.20 Å². The highest BCUT2D eigenvalue weighted by Crippen LogP contribution is 2.27. The van der Waals surface area contributed by atoms with Gasteiger partial charge in [-0.25, -0.2) is 9.97 Å². The third kappa shape index (κ3) is 2.96. The number of nitrogens with one attached hydrogen (secondary N) is 1. The summed E-state index contributed by atoms with van der Waals surface area (Å²) in [6.45, 7) is 0.527. The number of hydrogen-bond donors (Lipinski definition) is 2. The van der Waals surface area contributed by atoms with Crippen molar-refractivity contribution in [2.75, 3.05) is 11.9 Å². The number of aromatic nitrogens is 3. The third-order valence-electron chi connectivity index (χ3n) is 3.96. The van der Waals surface area contributed by atoms with Crippen molar-refractivity contribution in [1.82, 2.24) is 14.4 Å². The minimum atomic E-state index is -0.621. The molecular weight excluding hydrogens is 320 g/mol. The number of anilines is 1. The van der Waals surface area contributed by atoms with E-state index in [-0.39, 0.29) is 0 Å². The molecule has 0 aliphatic heterocycles. The average Bonchev–Trinajstić information content (AvgIpc) is 2.78. The fourth-order valence-corrected chi connectivity index (χ4v) is 3.23. The number of fused-ring (bicyclic) bond motifs is 1. The largest absolute Gasteiger partial charge is 0.388 e. The molecule has 2 aromatic rings. The van der Waals surface area contributed by atoms with Crippen LogP contribution in [0.2, 0.25) is 0 Å². The maximum Gasteiger partial charge on any atom is 0.180 e. The van der Waals surface area contributed by atoms with Crippen LogP contribution < -0.4 is 5.32 Å². The fourth-order valence-electron chi connectivity index (χ4n) is 2.83. The van der Waals surface area contributed by atoms with Crippen LogP contribution in [-0.4, -0.2) is 31.6 Å². The fraction of sp³-hybridized carbons (Fsp3) is 0.571. The highest BCUT2D eigenvalue weighted by molar-refractivity contribution is 9.10. The standard InChI is InChI=1S/C14H19BrN4O/c15-11-9-19-8-7-16-13(19)12(18-11)17-10-14(20)5-3-1-2-4-6-14/h7-9,20H,1-6,10H2,(H,17,18). The number of aliphatic hydroxyl groups is 1. The van der Waals surface area contributed by atoms with E-state index in [1.165, 1.54) is 12.8 Å². The highest BCUT2D eigenvalue weighted by atomic mass is 79.9. The van der Waals surface area contributed by atoms with E-state index in [0.717, 1.165) is 35.9 Å². The highest BCUT2D eigenvalue weighted by Gasteiger charge is 2.28. The molecule has 1 aliphatic rings. The van der Waals surface area contributed by atoms with Gasteiger partial charge in [-0.1, -0.05) is 25.7 Å². The molecule has 2 heterocycles. The molecule has 2 aromatic heterocycles. The second-order valence-corrected chi connectivity index (χ2v) is 6.37. The molecule has 1 saturated carbocycles. The van der Waals surface area contributed by atoms with Gasteiger partial charge in [0, 0.05) is 25.1 Å². The first-order valence-corrected chi connectivity index (χ1v) is 7.91. The smallest absolute Gasteiger partial charge is 0.180 e. The van der Waals surface area contributed by atoms with Crippen molar-refractivity contribution in [3.63, 3.8) is 0 Å². The van der Waals surface area contributed by atoms with Gasteiger partial charge in [-0.2, -0.15) is 0 Å². The van der Waals surface area contributed by atoms with Crippen molar-refractivity contribution in [3.05, 3.63) is 23.2 Å². The molecule has 2 N–H and O–H groups in total. The molecule has 0 radical (unpaired) electrons. The summed E-state index contributed by atoms with van der Waals surface area (Å²) in [4.78, 5) is 8.72. The van der Waals surface area contributed by atoms with Crippen LogP contribution in [0.4, 0.5) is 5.82 Å². The molecule has 20 heavy (non-hydrogen) atoms. The third-order valence-corrected chi connectivity index (χ3v) is 4.35. The SMILES string of the molecule is OC1(CNc2nc(Br)cn3ccnc23)CCCCCC1. The molecule has 0 atom stereocenters. The molecule has 108 valence electrons. The van der Waals surface area contributed by atoms with Crippen LogP contribution in [0.3, 0.4) is 0 Å². The summed E-state index contributed by atoms with van der Waals surface area (Å²) in [5.74, 6) is 0.710. The Morgan fingerprint density at radius 1 is 1.30 bits per heavy atom. The predicted octanol–water partition coefficient (Wildman–Crippen LogP) is 2.99. The van der Waals surface area contributed by atoms with E-state index >= 15 is 0 Å². The first-order chi connectivity index (χ1) is 9.66. The monoisotopic (exact) mass is 338 g/mol. The van der Waals surface area contributed by atoms with Crippen LogP contribution in [0.1, 0.15) is 38.5 Å². The molecule has 0 saturated heterocycles. The average molecular weight is 339 g/mol. The number of imidazole rings is 1. The number of halogens is 1. The Morgan fingerprint density at radius 3 is 2.80 bits per heavy atom. The molecule has 0 spiro atoms. The van der Waals surface area contributed by atoms with Crippen LogP contribution in [0.15, 0.2) is 23.2 Å². The Bertz CT molecular complexity index is 590. The quantitative estimate of drug-likeness (QED) is 0.844. The summed E-state index contributed by atoms with van der Waals surface area (Å²) in [5.41, 5.74) is 0.162. The van der Waals surface area contributed by atoms with Gasteiger partial charge in [0.1, 0.15) is 4.60 Å². The van der Waals surface area contributed by atoms with Gasteiger partial charge in [-0.3, -0.25) is 0 Å². The summed E-state index contributed by atoms with van der Waals surface area (Å²) in [7, 11) is 0. The Morgan fingerprint density at radius 2 is 2.05 bits per heavy atom. The van der Waals surface area contributed by atoms with E-state index in [1.807, 2.05) is 16.8 Å². The lowest BCUT2D eigenvalue weighted by Crippen LogP contribution is -2.36. The lowest BCUT2D eigenvalue weighted by atomic mass is 9.94. The van der Waals surface area contributed by atoms with Crippen LogP contribution in [0, 0.1) is 0 Å². The van der Waals surface area contributed by atoms with Gasteiger partial charge in [0.25, 0.3) is 0 Å². The van der Waals surface area contributed by atoms with E-state index in [4.69, 9.17) is 0 Å². The second kappa shape index (κ2) is 5.69. The number of rotatable bonds is 3. The maximum absolute atomic E-state index is 10.7. The van der Waals surface area contributed by atoms with Gasteiger partial charge in [0.15, 0.2) is 11.5 Å². The lowest BCUT2D eigenvalue weighted by Gasteiger charge is -2.27. The predicted molar refractivity (Wildman–Crippen MR) is 81.8 cm³/mol. The normalized spacial score (nSPS) is 18.9. The van der Waals surface area contributed by atoms with Crippen molar-refractivity contribution < 1.29 is 5.11 Å². The summed E-state index contributed by atoms with van der Waals surface area (Å²) >= 11 is 3.40. The van der Waals surface area contributed by atoms with Crippen LogP contribution in [0.5, 0.6) is 0 Å². The van der Waals surface area contributed by atoms with Crippen molar-refractivity contribution in [3.8, 4) is 0 Å². The summed E-state index contributed by atoms with van der Waals surface area (Å²) in [6, 6.07) is 0. The van der Waals surface area contributed by atoms with Crippen molar-refractivity contribution in [1.29, 1.82) is 0 Å². The van der Waals surface area contributed by atoms with Gasteiger partial charge in [0.2, 0.25) is 0 Å². The van der Waals surface area contributed by atoms with Crippen LogP contribution in [0.25, 0.3) is 5.65 Å². The topological polar surface area (TPSA) is 62.5 Å². The Balaban J connectivity index is 1.77. The zero-order valence-electron chi connectivity index (χ0n) is 11.3. The van der Waals surface area contributed by atoms with Crippen LogP contribution >= 0.6 is 15.9 Å². The maximum atomic E-state index is 10.7. The molecule has 6 heteroatoms. The number of nitrogens with zero attached hydrogens (tertiary/aromatic N) is 3. The molecule has 0 bridgehead atoms. The zero-order valence-corrected chi connectivity index (χ0v) is 12.9. The van der Waals surface area contributed by atoms with E-state index in [2.05, 4.69) is 31.2 Å². The van der Waals surface area contributed by atoms with E-state index in [9.17, 15) is 5.11 Å². The van der Waals surface area contributed by atoms with Crippen molar-refractivity contribution in [2.45, 2.75) is 44.1 Å². The summed E-state index contributed by atoms with van der Waals surface area (Å²) in [6.07, 6.45) is 11.9. The van der Waals surface area contributed by atoms with Crippen molar-refractivity contribution in [2.24, 2.45) is 0 Å². The Labute approximate surface area is 126 Å². The van der Waals surface area contributed by atoms with Crippen molar-refractivity contribution >= 4 is 27.4 Å². The molecule has 1 aliphatic carbocycles. The van der Waals surface area contributed by atoms with E-state index in [0.29, 0.717) is 12.4 Å². The molecule has 1 fully saturated rings. The minimum Gasteiger partial charge on any atom is -0.388 e. The molecular formula is C14H19BrN4O. The minimum absolute atomic E-state index is 0.527. The lowest BCUT2D eigenvalue weighted by molar-refractivity contribution is 0.0381. The summed E-state index contributed by atoms with van der Waals surface area (Å²) < 4.78 is 2.66. The zero-order chi connectivity index (χ0) is 14.0. The molecule has 0 amide bonds. The van der Waals surface area contributed by atoms with Gasteiger partial charge in [-0.15, -0.1) is 0 Å². The molecule has 5 nitrogen and oxygen atoms in total. The van der Waals surface area contributed by atoms with Crippen LogP contribution in [-0.2, 0) is 0 Å². The number of hydrogen-bond acceptors (Lipinski definition) is 4. The Hall–Kier alpha value is -1.14. The first kappa shape index (κ1) is 13.8. The van der Waals surface area contributed by atoms with Gasteiger partial charge >= 0.3 is 0 Å². The molecule has 0 aromatic carbocycles. The summed E-state index contributed by atoms with van der Waals surface area (Å²) in [5, 5.41) is 14.0. The van der Waals surface area contributed by atoms with Gasteiger partial charge in [-0.05, 0) is 28.8 Å². The van der Waals surface area contributed by atoms with Gasteiger partial charge in [0.05, 0.1) is 5.60 Å². The van der Waals surface area contributed by atoms with Gasteiger partial charge < -0.3 is 14.8 Å². The first-order valence-electron chi connectivity index (χ1n) is 7.12.